The molecule has 9 heteroatoms. The largest absolute Gasteiger partial charge is 0.489 e. The molecule has 1 N–H and O–H groups in total. The number of ether oxygens (including phenoxy) is 2. The van der Waals surface area contributed by atoms with Gasteiger partial charge >= 0.3 is 5.97 Å². The number of nitrogens with one attached hydrogen (secondary N) is 1. The van der Waals surface area contributed by atoms with Gasteiger partial charge in [0.25, 0.3) is 0 Å². The minimum atomic E-state index is -0.565. The molecule has 0 spiro atoms. The lowest BCUT2D eigenvalue weighted by Crippen LogP contribution is -2.29. The number of fused-ring (bicyclic) bond motifs is 1. The fourth-order valence-electron chi connectivity index (χ4n) is 3.97. The topological polar surface area (TPSA) is 78.3 Å². The van der Waals surface area contributed by atoms with Gasteiger partial charge in [-0.2, -0.15) is 10.1 Å². The van der Waals surface area contributed by atoms with E-state index in [1.54, 1.807) is 16.8 Å². The third-order valence-electron chi connectivity index (χ3n) is 5.68. The molecule has 0 aliphatic carbocycles. The maximum Gasteiger partial charge on any atom is 0.338 e. The first kappa shape index (κ1) is 23.0. The number of halogens is 2. The number of rotatable bonds is 6. The van der Waals surface area contributed by atoms with Crippen LogP contribution in [0, 0.1) is 0 Å². The summed E-state index contributed by atoms with van der Waals surface area (Å²) in [6.45, 7) is 0.341. The Balaban J connectivity index is 1.52. The highest BCUT2D eigenvalue weighted by Crippen LogP contribution is 2.39. The second-order valence-corrected chi connectivity index (χ2v) is 8.64. The van der Waals surface area contributed by atoms with Crippen LogP contribution in [0.25, 0.3) is 5.70 Å². The lowest BCUT2D eigenvalue weighted by Gasteiger charge is -2.29. The van der Waals surface area contributed by atoms with Crippen LogP contribution in [-0.4, -0.2) is 27.8 Å². The maximum atomic E-state index is 13.0. The van der Waals surface area contributed by atoms with Crippen LogP contribution in [0.5, 0.6) is 5.75 Å². The molecular formula is C26H20Cl2N4O3. The fraction of sp³-hybridized carbons (Fsp3) is 0.115. The highest BCUT2D eigenvalue weighted by Gasteiger charge is 2.36. The number of benzene rings is 3. The Labute approximate surface area is 211 Å². The Morgan fingerprint density at radius 3 is 2.49 bits per heavy atom. The Hall–Kier alpha value is -3.81. The minimum Gasteiger partial charge on any atom is -0.489 e. The maximum absolute atomic E-state index is 13.0. The minimum absolute atomic E-state index is 0.341. The van der Waals surface area contributed by atoms with Gasteiger partial charge in [0.05, 0.1) is 18.4 Å². The second-order valence-electron chi connectivity index (χ2n) is 7.79. The van der Waals surface area contributed by atoms with Crippen LogP contribution in [-0.2, 0) is 16.1 Å². The number of esters is 1. The first-order valence-corrected chi connectivity index (χ1v) is 11.5. The van der Waals surface area contributed by atoms with Gasteiger partial charge in [0.2, 0.25) is 5.95 Å². The molecule has 1 atom stereocenters. The van der Waals surface area contributed by atoms with E-state index in [4.69, 9.17) is 32.7 Å². The summed E-state index contributed by atoms with van der Waals surface area (Å²) in [6, 6.07) is 21.7. The monoisotopic (exact) mass is 506 g/mol. The summed E-state index contributed by atoms with van der Waals surface area (Å²) in [5.41, 5.74) is 3.46. The number of methoxy groups -OCH3 is 1. The molecule has 1 aliphatic rings. The summed E-state index contributed by atoms with van der Waals surface area (Å²) in [7, 11) is 1.36. The van der Waals surface area contributed by atoms with Gasteiger partial charge < -0.3 is 14.8 Å². The van der Waals surface area contributed by atoms with E-state index in [-0.39, 0.29) is 0 Å². The molecule has 7 nitrogen and oxygen atoms in total. The van der Waals surface area contributed by atoms with Crippen LogP contribution in [0.15, 0.2) is 84.7 Å². The molecule has 0 amide bonds. The van der Waals surface area contributed by atoms with Crippen molar-refractivity contribution in [3.63, 3.8) is 0 Å². The standard InChI is InChI=1S/C26H20Cl2N4O3/c1-34-25(33)22-23(16-6-10-19(27)11-7-16)31-26-29-15-30-32(26)24(22)17-8-12-20(13-9-17)35-14-18-4-2-3-5-21(18)28/h2-13,15,24H,14H2,1H3,(H,29,30,31)/t24-/m1/s1. The summed E-state index contributed by atoms with van der Waals surface area (Å²) in [6.07, 6.45) is 1.44. The van der Waals surface area contributed by atoms with E-state index in [0.717, 1.165) is 16.7 Å². The average Bonchev–Trinajstić information content (AvgIpc) is 3.36. The second kappa shape index (κ2) is 9.82. The highest BCUT2D eigenvalue weighted by atomic mass is 35.5. The molecule has 3 aromatic carbocycles. The van der Waals surface area contributed by atoms with Crippen LogP contribution < -0.4 is 10.1 Å². The van der Waals surface area contributed by atoms with E-state index in [9.17, 15) is 4.79 Å². The molecule has 1 aromatic heterocycles. The van der Waals surface area contributed by atoms with E-state index in [0.29, 0.717) is 39.6 Å². The van der Waals surface area contributed by atoms with E-state index in [1.807, 2.05) is 60.7 Å². The van der Waals surface area contributed by atoms with Crippen molar-refractivity contribution in [2.24, 2.45) is 0 Å². The van der Waals surface area contributed by atoms with Gasteiger partial charge in [0.15, 0.2) is 0 Å². The molecular weight excluding hydrogens is 487 g/mol. The normalized spacial score (nSPS) is 14.8. The molecule has 35 heavy (non-hydrogen) atoms. The Morgan fingerprint density at radius 1 is 1.03 bits per heavy atom. The predicted molar refractivity (Wildman–Crippen MR) is 134 cm³/mol. The zero-order valence-electron chi connectivity index (χ0n) is 18.6. The van der Waals surface area contributed by atoms with Gasteiger partial charge in [-0.15, -0.1) is 0 Å². The number of hydrogen-bond donors (Lipinski definition) is 1. The van der Waals surface area contributed by atoms with Crippen LogP contribution in [0.3, 0.4) is 0 Å². The smallest absolute Gasteiger partial charge is 0.338 e. The average molecular weight is 507 g/mol. The molecule has 0 saturated heterocycles. The van der Waals surface area contributed by atoms with E-state index >= 15 is 0 Å². The number of carbonyl (C=O) groups excluding carboxylic acids is 1. The van der Waals surface area contributed by atoms with Gasteiger partial charge in [-0.1, -0.05) is 65.7 Å². The van der Waals surface area contributed by atoms with E-state index in [2.05, 4.69) is 15.4 Å². The van der Waals surface area contributed by atoms with Crippen molar-refractivity contribution in [1.29, 1.82) is 0 Å². The zero-order chi connectivity index (χ0) is 24.4. The van der Waals surface area contributed by atoms with Crippen molar-refractivity contribution in [2.75, 3.05) is 12.4 Å². The third kappa shape index (κ3) is 4.60. The first-order chi connectivity index (χ1) is 17.0. The van der Waals surface area contributed by atoms with Crippen LogP contribution in [0.4, 0.5) is 5.95 Å². The summed E-state index contributed by atoms with van der Waals surface area (Å²) in [4.78, 5) is 17.4. The molecule has 1 aliphatic heterocycles. The Morgan fingerprint density at radius 2 is 1.77 bits per heavy atom. The number of hydrogen-bond acceptors (Lipinski definition) is 6. The van der Waals surface area contributed by atoms with Gasteiger partial charge in [-0.25, -0.2) is 9.48 Å². The van der Waals surface area contributed by atoms with E-state index < -0.39 is 12.0 Å². The molecule has 0 fully saturated rings. The first-order valence-electron chi connectivity index (χ1n) is 10.8. The number of anilines is 1. The van der Waals surface area contributed by atoms with Crippen molar-refractivity contribution in [3.8, 4) is 5.75 Å². The molecule has 4 aromatic rings. The lowest BCUT2D eigenvalue weighted by atomic mass is 9.93. The van der Waals surface area contributed by atoms with E-state index in [1.165, 1.54) is 13.4 Å². The fourth-order valence-corrected chi connectivity index (χ4v) is 4.28. The molecule has 0 saturated carbocycles. The van der Waals surface area contributed by atoms with Crippen LogP contribution in [0.1, 0.15) is 22.7 Å². The van der Waals surface area contributed by atoms with Gasteiger partial charge in [0.1, 0.15) is 24.7 Å². The highest BCUT2D eigenvalue weighted by molar-refractivity contribution is 6.31. The summed E-state index contributed by atoms with van der Waals surface area (Å²) >= 11 is 12.3. The number of carbonyl (C=O) groups is 1. The van der Waals surface area contributed by atoms with Crippen molar-refractivity contribution in [1.82, 2.24) is 14.8 Å². The Kier molecular flexibility index (Phi) is 6.44. The van der Waals surface area contributed by atoms with Crippen LogP contribution >= 0.6 is 23.2 Å². The molecule has 0 bridgehead atoms. The van der Waals surface area contributed by atoms with Gasteiger partial charge in [0, 0.05) is 15.6 Å². The number of aromatic nitrogens is 3. The summed E-state index contributed by atoms with van der Waals surface area (Å²) < 4.78 is 12.7. The predicted octanol–water partition coefficient (Wildman–Crippen LogP) is 5.76. The molecule has 5 rings (SSSR count). The molecule has 176 valence electrons. The van der Waals surface area contributed by atoms with Gasteiger partial charge in [-0.05, 0) is 41.5 Å². The summed E-state index contributed by atoms with van der Waals surface area (Å²) in [5.74, 6) is 0.697. The SMILES string of the molecule is COC(=O)C1=C(c2ccc(Cl)cc2)Nc2ncnn2[C@@H]1c1ccc(OCc2ccccc2Cl)cc1. The van der Waals surface area contributed by atoms with Crippen LogP contribution in [0.2, 0.25) is 10.0 Å². The molecule has 2 heterocycles. The summed E-state index contributed by atoms with van der Waals surface area (Å²) in [5, 5.41) is 8.83. The molecule has 0 unspecified atom stereocenters. The van der Waals surface area contributed by atoms with Gasteiger partial charge in [-0.3, -0.25) is 0 Å². The van der Waals surface area contributed by atoms with Crippen molar-refractivity contribution >= 4 is 40.8 Å². The quantitative estimate of drug-likeness (QED) is 0.334. The van der Waals surface area contributed by atoms with Crippen molar-refractivity contribution in [2.45, 2.75) is 12.6 Å². The number of nitrogens with zero attached hydrogens (tertiary/aromatic N) is 3. The third-order valence-corrected chi connectivity index (χ3v) is 6.30. The Bertz CT molecular complexity index is 1400. The zero-order valence-corrected chi connectivity index (χ0v) is 20.1. The van der Waals surface area contributed by atoms with Crippen molar-refractivity contribution < 1.29 is 14.3 Å². The lowest BCUT2D eigenvalue weighted by molar-refractivity contribution is -0.136. The van der Waals surface area contributed by atoms with Crippen molar-refractivity contribution in [3.05, 3.63) is 111 Å². The molecule has 0 radical (unpaired) electrons.